The van der Waals surface area contributed by atoms with Crippen molar-refractivity contribution in [2.24, 2.45) is 16.3 Å². The van der Waals surface area contributed by atoms with E-state index in [9.17, 15) is 4.79 Å². The van der Waals surface area contributed by atoms with Gasteiger partial charge in [-0.15, -0.1) is 0 Å². The van der Waals surface area contributed by atoms with Crippen LogP contribution in [0.5, 0.6) is 0 Å². The van der Waals surface area contributed by atoms with Crippen LogP contribution >= 0.6 is 0 Å². The normalized spacial score (nSPS) is 20.2. The predicted octanol–water partition coefficient (Wildman–Crippen LogP) is -0.351. The Bertz CT molecular complexity index is 221. The Labute approximate surface area is 70.6 Å². The van der Waals surface area contributed by atoms with Gasteiger partial charge in [0.2, 0.25) is 5.91 Å². The van der Waals surface area contributed by atoms with E-state index in [0.29, 0.717) is 19.4 Å². The van der Waals surface area contributed by atoms with Crippen molar-refractivity contribution in [3.8, 4) is 0 Å². The van der Waals surface area contributed by atoms with E-state index in [-0.39, 0.29) is 11.7 Å². The molecule has 12 heavy (non-hydrogen) atoms. The summed E-state index contributed by atoms with van der Waals surface area (Å²) in [6, 6.07) is 0. The zero-order chi connectivity index (χ0) is 9.19. The van der Waals surface area contributed by atoms with E-state index < -0.39 is 5.41 Å². The average molecular weight is 171 g/mol. The Hall–Kier alpha value is -1.26. The molecule has 1 aliphatic carbocycles. The topological polar surface area (TPSA) is 87.7 Å². The van der Waals surface area contributed by atoms with Gasteiger partial charge in [0.25, 0.3) is 0 Å². The first-order valence-electron chi connectivity index (χ1n) is 3.93. The summed E-state index contributed by atoms with van der Waals surface area (Å²) < 4.78 is 0. The van der Waals surface area contributed by atoms with Crippen molar-refractivity contribution in [3.63, 3.8) is 0 Å². The lowest BCUT2D eigenvalue weighted by molar-refractivity contribution is -0.124. The minimum absolute atomic E-state index is 0.0217. The predicted molar refractivity (Wildman–Crippen MR) is 43.8 cm³/mol. The number of hydrogen-bond donors (Lipinski definition) is 3. The smallest absolute Gasteiger partial charge is 0.233 e. The Morgan fingerprint density at radius 3 is 2.67 bits per heavy atom. The summed E-state index contributed by atoms with van der Waals surface area (Å²) in [5.41, 5.74) is 4.68. The van der Waals surface area contributed by atoms with Crippen molar-refractivity contribution in [2.75, 3.05) is 6.54 Å². The van der Waals surface area contributed by atoms with E-state index in [0.717, 1.165) is 0 Å². The van der Waals surface area contributed by atoms with Gasteiger partial charge >= 0.3 is 0 Å². The van der Waals surface area contributed by atoms with Crippen LogP contribution in [0, 0.1) is 5.41 Å². The van der Waals surface area contributed by atoms with Gasteiger partial charge in [0.15, 0.2) is 5.84 Å². The number of nitrogens with zero attached hydrogens (tertiary/aromatic N) is 1. The number of nitrogens with two attached hydrogens (primary N) is 1. The fourth-order valence-corrected chi connectivity index (χ4v) is 1.15. The second-order valence-corrected chi connectivity index (χ2v) is 2.93. The van der Waals surface area contributed by atoms with Crippen molar-refractivity contribution in [1.29, 1.82) is 0 Å². The molecule has 0 spiro atoms. The molecule has 1 fully saturated rings. The molecule has 0 unspecified atom stereocenters. The van der Waals surface area contributed by atoms with Crippen LogP contribution in [0.25, 0.3) is 0 Å². The van der Waals surface area contributed by atoms with E-state index in [4.69, 9.17) is 10.9 Å². The summed E-state index contributed by atoms with van der Waals surface area (Å²) in [6.07, 6.45) is 1.35. The van der Waals surface area contributed by atoms with Gasteiger partial charge in [-0.1, -0.05) is 5.16 Å². The first-order valence-corrected chi connectivity index (χ1v) is 3.93. The molecule has 0 aromatic carbocycles. The number of oxime groups is 1. The van der Waals surface area contributed by atoms with Crippen molar-refractivity contribution in [1.82, 2.24) is 5.32 Å². The molecular weight excluding hydrogens is 158 g/mol. The minimum atomic E-state index is -0.704. The van der Waals surface area contributed by atoms with Crippen LogP contribution in [0.4, 0.5) is 0 Å². The summed E-state index contributed by atoms with van der Waals surface area (Å²) >= 11 is 0. The van der Waals surface area contributed by atoms with E-state index in [2.05, 4.69) is 10.5 Å². The molecule has 4 N–H and O–H groups in total. The highest BCUT2D eigenvalue weighted by Crippen LogP contribution is 2.45. The highest BCUT2D eigenvalue weighted by molar-refractivity contribution is 6.09. The second-order valence-electron chi connectivity index (χ2n) is 2.93. The van der Waals surface area contributed by atoms with E-state index in [1.54, 1.807) is 0 Å². The van der Waals surface area contributed by atoms with Crippen molar-refractivity contribution < 1.29 is 10.0 Å². The van der Waals surface area contributed by atoms with Gasteiger partial charge in [-0.05, 0) is 19.8 Å². The molecule has 1 rings (SSSR count). The summed E-state index contributed by atoms with van der Waals surface area (Å²) in [4.78, 5) is 11.3. The van der Waals surface area contributed by atoms with Gasteiger partial charge in [-0.2, -0.15) is 0 Å². The van der Waals surface area contributed by atoms with Crippen LogP contribution in [0.1, 0.15) is 19.8 Å². The minimum Gasteiger partial charge on any atom is -0.409 e. The molecule has 0 saturated heterocycles. The molecule has 5 heteroatoms. The number of carbonyl (C=O) groups is 1. The van der Waals surface area contributed by atoms with Gasteiger partial charge in [-0.25, -0.2) is 0 Å². The lowest BCUT2D eigenvalue weighted by atomic mass is 10.1. The number of hydrogen-bond acceptors (Lipinski definition) is 3. The van der Waals surface area contributed by atoms with Crippen LogP contribution in [0.3, 0.4) is 0 Å². The van der Waals surface area contributed by atoms with Gasteiger partial charge < -0.3 is 16.3 Å². The molecule has 0 radical (unpaired) electrons. The summed E-state index contributed by atoms with van der Waals surface area (Å²) in [7, 11) is 0. The summed E-state index contributed by atoms with van der Waals surface area (Å²) in [5, 5.41) is 13.9. The van der Waals surface area contributed by atoms with Crippen LogP contribution in [-0.4, -0.2) is 23.5 Å². The molecule has 0 aliphatic heterocycles. The highest BCUT2D eigenvalue weighted by Gasteiger charge is 2.53. The Kier molecular flexibility index (Phi) is 2.21. The van der Waals surface area contributed by atoms with Gasteiger partial charge in [0.1, 0.15) is 5.41 Å². The average Bonchev–Trinajstić information content (AvgIpc) is 2.84. The van der Waals surface area contributed by atoms with Crippen LogP contribution in [-0.2, 0) is 4.79 Å². The van der Waals surface area contributed by atoms with Crippen LogP contribution in [0.15, 0.2) is 5.16 Å². The van der Waals surface area contributed by atoms with E-state index in [1.165, 1.54) is 0 Å². The zero-order valence-corrected chi connectivity index (χ0v) is 7.00. The van der Waals surface area contributed by atoms with Gasteiger partial charge in [-0.3, -0.25) is 4.79 Å². The van der Waals surface area contributed by atoms with E-state index >= 15 is 0 Å². The molecule has 1 saturated carbocycles. The third kappa shape index (κ3) is 1.22. The molecule has 0 bridgehead atoms. The third-order valence-corrected chi connectivity index (χ3v) is 2.12. The fraction of sp³-hybridized carbons (Fsp3) is 0.714. The van der Waals surface area contributed by atoms with Crippen LogP contribution in [0.2, 0.25) is 0 Å². The maximum Gasteiger partial charge on any atom is 0.233 e. The maximum atomic E-state index is 11.3. The van der Waals surface area contributed by atoms with Crippen molar-refractivity contribution in [3.05, 3.63) is 0 Å². The standard InChI is InChI=1S/C7H13N3O2/c1-2-9-6(11)7(3-4-7)5(8)10-12/h12H,2-4H2,1H3,(H2,8,10)(H,9,11). The van der Waals surface area contributed by atoms with Crippen molar-refractivity contribution >= 4 is 11.7 Å². The summed E-state index contributed by atoms with van der Waals surface area (Å²) in [6.45, 7) is 2.40. The number of rotatable bonds is 3. The van der Waals surface area contributed by atoms with Crippen molar-refractivity contribution in [2.45, 2.75) is 19.8 Å². The maximum absolute atomic E-state index is 11.3. The van der Waals surface area contributed by atoms with Gasteiger partial charge in [0.05, 0.1) is 0 Å². The SMILES string of the molecule is CCNC(=O)C1(/C(N)=N/O)CC1. The molecule has 68 valence electrons. The molecular formula is C7H13N3O2. The molecule has 1 amide bonds. The van der Waals surface area contributed by atoms with Crippen LogP contribution < -0.4 is 11.1 Å². The Morgan fingerprint density at radius 2 is 2.33 bits per heavy atom. The number of carbonyl (C=O) groups excluding carboxylic acids is 1. The lowest BCUT2D eigenvalue weighted by Gasteiger charge is -2.11. The molecule has 0 aromatic heterocycles. The molecule has 0 heterocycles. The molecule has 1 aliphatic rings. The molecule has 5 nitrogen and oxygen atoms in total. The third-order valence-electron chi connectivity index (χ3n) is 2.12. The summed E-state index contributed by atoms with van der Waals surface area (Å²) in [5.74, 6) is -0.117. The first kappa shape index (κ1) is 8.83. The monoisotopic (exact) mass is 171 g/mol. The lowest BCUT2D eigenvalue weighted by Crippen LogP contribution is -2.40. The molecule has 0 aromatic rings. The number of amides is 1. The highest BCUT2D eigenvalue weighted by atomic mass is 16.4. The fourth-order valence-electron chi connectivity index (χ4n) is 1.15. The quantitative estimate of drug-likeness (QED) is 0.235. The Balaban J connectivity index is 2.66. The first-order chi connectivity index (χ1) is 5.67. The number of amidine groups is 1. The zero-order valence-electron chi connectivity index (χ0n) is 7.00. The number of nitrogens with one attached hydrogen (secondary N) is 1. The van der Waals surface area contributed by atoms with Gasteiger partial charge in [0, 0.05) is 6.54 Å². The van der Waals surface area contributed by atoms with E-state index in [1.807, 2.05) is 6.92 Å². The largest absolute Gasteiger partial charge is 0.409 e. The second kappa shape index (κ2) is 3.00. The Morgan fingerprint density at radius 1 is 1.75 bits per heavy atom. The molecule has 0 atom stereocenters.